The Hall–Kier alpha value is -2.48. The minimum absolute atomic E-state index is 0. The number of quaternary nitrogens is 1. The minimum Gasteiger partial charge on any atom is -0.493 e. The molecule has 0 amide bonds. The first-order chi connectivity index (χ1) is 14.1. The molecule has 2 aliphatic rings. The molecule has 30 heavy (non-hydrogen) atoms. The molecule has 0 bridgehead atoms. The third kappa shape index (κ3) is 2.76. The Morgan fingerprint density at radius 2 is 1.97 bits per heavy atom. The molecule has 1 N–H and O–H groups in total. The molecule has 0 saturated carbocycles. The van der Waals surface area contributed by atoms with Crippen LogP contribution in [0.25, 0.3) is 11.0 Å². The summed E-state index contributed by atoms with van der Waals surface area (Å²) in [7, 11) is 3.28. The summed E-state index contributed by atoms with van der Waals surface area (Å²) < 4.78 is 13.4. The summed E-state index contributed by atoms with van der Waals surface area (Å²) in [5.41, 5.74) is 2.36. The Labute approximate surface area is 181 Å². The first-order valence-corrected chi connectivity index (χ1v) is 10.1. The van der Waals surface area contributed by atoms with Crippen LogP contribution in [0.15, 0.2) is 47.3 Å². The highest BCUT2D eigenvalue weighted by molar-refractivity contribution is 5.85. The van der Waals surface area contributed by atoms with Crippen LogP contribution in [0, 0.1) is 0 Å². The monoisotopic (exact) mass is 432 g/mol. The van der Waals surface area contributed by atoms with Crippen molar-refractivity contribution in [2.45, 2.75) is 31.5 Å². The number of hydrogen-bond donors (Lipinski definition) is 1. The number of hydroxylamine groups is 3. The molecule has 2 saturated heterocycles. The summed E-state index contributed by atoms with van der Waals surface area (Å²) in [5, 5.41) is 0. The van der Waals surface area contributed by atoms with E-state index < -0.39 is 5.72 Å². The van der Waals surface area contributed by atoms with Gasteiger partial charge in [-0.3, -0.25) is 4.57 Å². The fraction of sp³-hybridized carbons (Fsp3) is 0.409. The number of hydrogen-bond acceptors (Lipinski definition) is 4. The van der Waals surface area contributed by atoms with E-state index in [-0.39, 0.29) is 24.1 Å². The second-order valence-electron chi connectivity index (χ2n) is 7.84. The van der Waals surface area contributed by atoms with E-state index in [4.69, 9.17) is 14.3 Å². The Kier molecular flexibility index (Phi) is 5.08. The number of H-pyrrole nitrogens is 1. The number of para-hydroxylation sites is 2. The number of methoxy groups -OCH3 is 2. The number of fused-ring (bicyclic) bond motifs is 2. The quantitative estimate of drug-likeness (QED) is 0.492. The maximum Gasteiger partial charge on any atom is 0.326 e. The number of imidazole rings is 1. The van der Waals surface area contributed by atoms with E-state index in [1.165, 1.54) is 0 Å². The zero-order valence-electron chi connectivity index (χ0n) is 17.4. The predicted octanol–water partition coefficient (Wildman–Crippen LogP) is 3.74. The lowest BCUT2D eigenvalue weighted by Gasteiger charge is -2.29. The normalized spacial score (nSPS) is 27.2. The van der Waals surface area contributed by atoms with E-state index in [2.05, 4.69) is 18.0 Å². The maximum absolute atomic E-state index is 12.8. The summed E-state index contributed by atoms with van der Waals surface area (Å²) in [6.45, 7) is 3.89. The fourth-order valence-electron chi connectivity index (χ4n) is 5.10. The summed E-state index contributed by atoms with van der Waals surface area (Å²) >= 11 is 0. The van der Waals surface area contributed by atoms with E-state index in [0.29, 0.717) is 16.1 Å². The van der Waals surface area contributed by atoms with Crippen molar-refractivity contribution >= 4 is 23.4 Å². The Bertz CT molecular complexity index is 1140. The highest BCUT2D eigenvalue weighted by Crippen LogP contribution is 2.61. The highest BCUT2D eigenvalue weighted by Gasteiger charge is 2.76. The number of aromatic amines is 1. The lowest BCUT2D eigenvalue weighted by molar-refractivity contribution is -0.934. The molecule has 3 heterocycles. The second-order valence-corrected chi connectivity index (χ2v) is 7.84. The van der Waals surface area contributed by atoms with Crippen molar-refractivity contribution in [2.24, 2.45) is 0 Å². The fourth-order valence-corrected chi connectivity index (χ4v) is 5.10. The summed E-state index contributed by atoms with van der Waals surface area (Å²) in [5.74, 6) is 1.39. The molecule has 0 spiro atoms. The SMILES string of the molecule is CC[N+]12CCC(n3c(=O)[nH]c4ccccc43)CC1(c1ccc(OC)c(OC)c1)O2.Cl. The molecular weight excluding hydrogens is 406 g/mol. The van der Waals surface area contributed by atoms with E-state index in [1.54, 1.807) is 14.2 Å². The van der Waals surface area contributed by atoms with E-state index in [1.807, 2.05) is 41.0 Å². The van der Waals surface area contributed by atoms with E-state index in [0.717, 1.165) is 42.5 Å². The lowest BCUT2D eigenvalue weighted by atomic mass is 9.90. The Morgan fingerprint density at radius 3 is 2.70 bits per heavy atom. The van der Waals surface area contributed by atoms with Gasteiger partial charge in [0.2, 0.25) is 0 Å². The average molecular weight is 433 g/mol. The Balaban J connectivity index is 0.00000218. The highest BCUT2D eigenvalue weighted by atomic mass is 35.5. The van der Waals surface area contributed by atoms with Gasteiger partial charge in [0.25, 0.3) is 0 Å². The number of ether oxygens (including phenoxy) is 2. The number of aromatic nitrogens is 2. The molecule has 3 aromatic rings. The van der Waals surface area contributed by atoms with Crippen LogP contribution in [-0.4, -0.2) is 41.5 Å². The van der Waals surface area contributed by atoms with Crippen molar-refractivity contribution in [3.05, 3.63) is 58.5 Å². The van der Waals surface area contributed by atoms with Crippen LogP contribution in [0.3, 0.4) is 0 Å². The van der Waals surface area contributed by atoms with Gasteiger partial charge < -0.3 is 14.5 Å². The largest absolute Gasteiger partial charge is 0.493 e. The molecule has 2 fully saturated rings. The van der Waals surface area contributed by atoms with Crippen molar-refractivity contribution < 1.29 is 19.0 Å². The molecule has 2 aromatic carbocycles. The summed E-state index contributed by atoms with van der Waals surface area (Å²) in [6, 6.07) is 13.9. The van der Waals surface area contributed by atoms with E-state index >= 15 is 0 Å². The maximum atomic E-state index is 12.8. The number of nitrogens with zero attached hydrogens (tertiary/aromatic N) is 2. The van der Waals surface area contributed by atoms with Gasteiger partial charge in [-0.05, 0) is 37.3 Å². The number of benzene rings is 2. The average Bonchev–Trinajstić information content (AvgIpc) is 3.33. The molecule has 160 valence electrons. The number of rotatable bonds is 5. The number of nitrogens with one attached hydrogen (secondary N) is 1. The third-order valence-corrected chi connectivity index (χ3v) is 6.62. The molecule has 1 aromatic heterocycles. The minimum atomic E-state index is -0.463. The lowest BCUT2D eigenvalue weighted by Crippen LogP contribution is -2.43. The molecule has 3 atom stereocenters. The Morgan fingerprint density at radius 1 is 1.20 bits per heavy atom. The molecule has 5 rings (SSSR count). The predicted molar refractivity (Wildman–Crippen MR) is 116 cm³/mol. The van der Waals surface area contributed by atoms with Gasteiger partial charge in [0.05, 0.1) is 43.3 Å². The van der Waals surface area contributed by atoms with Crippen molar-refractivity contribution in [1.82, 2.24) is 9.55 Å². The molecule has 0 aliphatic carbocycles. The van der Waals surface area contributed by atoms with Crippen LogP contribution in [0.4, 0.5) is 0 Å². The van der Waals surface area contributed by atoms with Crippen molar-refractivity contribution in [3.8, 4) is 11.5 Å². The molecule has 2 aliphatic heterocycles. The smallest absolute Gasteiger partial charge is 0.326 e. The van der Waals surface area contributed by atoms with Gasteiger partial charge in [0.15, 0.2) is 11.5 Å². The van der Waals surface area contributed by atoms with Gasteiger partial charge in [-0.15, -0.1) is 21.9 Å². The topological polar surface area (TPSA) is 68.8 Å². The second kappa shape index (κ2) is 7.34. The van der Waals surface area contributed by atoms with Gasteiger partial charge in [0, 0.05) is 6.42 Å². The molecule has 0 radical (unpaired) electrons. The third-order valence-electron chi connectivity index (χ3n) is 6.62. The van der Waals surface area contributed by atoms with Crippen molar-refractivity contribution in [1.29, 1.82) is 0 Å². The zero-order chi connectivity index (χ0) is 20.2. The number of piperidine rings is 1. The summed E-state index contributed by atoms with van der Waals surface area (Å²) in [4.78, 5) is 22.2. The van der Waals surface area contributed by atoms with Gasteiger partial charge in [-0.2, -0.15) is 0 Å². The number of halogens is 1. The van der Waals surface area contributed by atoms with Crippen molar-refractivity contribution in [3.63, 3.8) is 0 Å². The molecule has 8 heteroatoms. The first kappa shape index (κ1) is 20.8. The summed E-state index contributed by atoms with van der Waals surface area (Å²) in [6.07, 6.45) is 1.63. The van der Waals surface area contributed by atoms with Crippen LogP contribution in [0.1, 0.15) is 31.4 Å². The van der Waals surface area contributed by atoms with Crippen LogP contribution in [0.2, 0.25) is 0 Å². The van der Waals surface area contributed by atoms with Crippen LogP contribution in [-0.2, 0) is 10.6 Å². The van der Waals surface area contributed by atoms with Gasteiger partial charge in [0.1, 0.15) is 13.1 Å². The molecular formula is C22H27ClN3O4+. The zero-order valence-corrected chi connectivity index (χ0v) is 18.2. The van der Waals surface area contributed by atoms with Gasteiger partial charge >= 0.3 is 11.4 Å². The first-order valence-electron chi connectivity index (χ1n) is 10.1. The molecule has 3 unspecified atom stereocenters. The van der Waals surface area contributed by atoms with Crippen LogP contribution < -0.4 is 15.2 Å². The van der Waals surface area contributed by atoms with E-state index in [9.17, 15) is 4.79 Å². The van der Waals surface area contributed by atoms with Crippen LogP contribution >= 0.6 is 12.4 Å². The van der Waals surface area contributed by atoms with Crippen LogP contribution in [0.5, 0.6) is 11.5 Å². The van der Waals surface area contributed by atoms with Gasteiger partial charge in [-0.1, -0.05) is 12.1 Å². The molecule has 7 nitrogen and oxygen atoms in total. The van der Waals surface area contributed by atoms with Crippen molar-refractivity contribution in [2.75, 3.05) is 27.3 Å². The standard InChI is InChI=1S/C22H25N3O4.ClH/c1-4-25-12-11-16(24-18-8-6-5-7-17(18)23-21(24)26)14-22(25,29-25)15-9-10-19(27-2)20(13-15)28-3;/h5-10,13,16H,4,11-12,14H2,1-3H3;1H/p+1. The van der Waals surface area contributed by atoms with Gasteiger partial charge in [-0.25, -0.2) is 4.79 Å².